The molecule has 122 valence electrons. The molecule has 0 radical (unpaired) electrons. The van der Waals surface area contributed by atoms with Gasteiger partial charge < -0.3 is 19.3 Å². The molecule has 1 aromatic heterocycles. The lowest BCUT2D eigenvalue weighted by Gasteiger charge is -2.08. The van der Waals surface area contributed by atoms with Crippen molar-refractivity contribution in [3.63, 3.8) is 0 Å². The van der Waals surface area contributed by atoms with Gasteiger partial charge in [0.05, 0.1) is 18.7 Å². The molecule has 0 saturated carbocycles. The topological polar surface area (TPSA) is 73.6 Å². The second-order valence-corrected chi connectivity index (χ2v) is 5.60. The molecule has 2 aromatic rings. The van der Waals surface area contributed by atoms with Gasteiger partial charge in [0, 0.05) is 25.1 Å². The largest absolute Gasteiger partial charge is 0.486 e. The van der Waals surface area contributed by atoms with Crippen LogP contribution in [-0.4, -0.2) is 30.8 Å². The normalized spacial score (nSPS) is 17.1. The quantitative estimate of drug-likeness (QED) is 0.845. The molecule has 6 heteroatoms. The van der Waals surface area contributed by atoms with E-state index in [9.17, 15) is 4.79 Å². The molecule has 0 aliphatic carbocycles. The van der Waals surface area contributed by atoms with Gasteiger partial charge in [-0.1, -0.05) is 23.4 Å². The number of nitrogens with one attached hydrogen (secondary N) is 1. The Morgan fingerprint density at radius 2 is 2.22 bits per heavy atom. The summed E-state index contributed by atoms with van der Waals surface area (Å²) in [7, 11) is 0. The number of amides is 1. The summed E-state index contributed by atoms with van der Waals surface area (Å²) in [4.78, 5) is 11.9. The molecule has 1 aromatic carbocycles. The van der Waals surface area contributed by atoms with E-state index >= 15 is 0 Å². The maximum absolute atomic E-state index is 11.9. The molecule has 1 aliphatic heterocycles. The highest BCUT2D eigenvalue weighted by Gasteiger charge is 2.17. The molecule has 1 saturated heterocycles. The second-order valence-electron chi connectivity index (χ2n) is 5.60. The van der Waals surface area contributed by atoms with Crippen LogP contribution in [0.25, 0.3) is 0 Å². The molecule has 1 fully saturated rings. The van der Waals surface area contributed by atoms with Gasteiger partial charge >= 0.3 is 0 Å². The first-order valence-corrected chi connectivity index (χ1v) is 7.76. The van der Waals surface area contributed by atoms with Crippen LogP contribution in [0.1, 0.15) is 17.9 Å². The van der Waals surface area contributed by atoms with Crippen LogP contribution in [0.2, 0.25) is 0 Å². The minimum Gasteiger partial charge on any atom is -0.486 e. The zero-order chi connectivity index (χ0) is 15.9. The number of hydrogen-bond donors (Lipinski definition) is 1. The molecule has 0 spiro atoms. The Hall–Kier alpha value is -2.34. The number of benzene rings is 1. The van der Waals surface area contributed by atoms with Crippen LogP contribution < -0.4 is 10.1 Å². The highest BCUT2D eigenvalue weighted by molar-refractivity contribution is 5.78. The van der Waals surface area contributed by atoms with Crippen molar-refractivity contribution in [1.82, 2.24) is 10.5 Å². The van der Waals surface area contributed by atoms with E-state index in [-0.39, 0.29) is 18.9 Å². The summed E-state index contributed by atoms with van der Waals surface area (Å²) >= 11 is 0. The summed E-state index contributed by atoms with van der Waals surface area (Å²) in [5.41, 5.74) is 0.608. The van der Waals surface area contributed by atoms with Gasteiger partial charge in [-0.15, -0.1) is 0 Å². The summed E-state index contributed by atoms with van der Waals surface area (Å²) in [5.74, 6) is 1.73. The maximum Gasteiger partial charge on any atom is 0.226 e. The van der Waals surface area contributed by atoms with E-state index in [4.69, 9.17) is 14.0 Å². The average Bonchev–Trinajstić information content (AvgIpc) is 3.24. The number of ether oxygens (including phenoxy) is 2. The highest BCUT2D eigenvalue weighted by atomic mass is 16.5. The van der Waals surface area contributed by atoms with Crippen molar-refractivity contribution in [3.05, 3.63) is 47.9 Å². The van der Waals surface area contributed by atoms with Crippen LogP contribution in [0.15, 0.2) is 40.9 Å². The molecule has 1 amide bonds. The summed E-state index contributed by atoms with van der Waals surface area (Å²) in [6.45, 7) is 2.46. The zero-order valence-electron chi connectivity index (χ0n) is 12.9. The third-order valence-electron chi connectivity index (χ3n) is 3.69. The minimum absolute atomic E-state index is 0.0549. The van der Waals surface area contributed by atoms with Crippen molar-refractivity contribution in [2.24, 2.45) is 5.92 Å². The van der Waals surface area contributed by atoms with Crippen LogP contribution in [0.4, 0.5) is 0 Å². The Morgan fingerprint density at radius 1 is 1.35 bits per heavy atom. The highest BCUT2D eigenvalue weighted by Crippen LogP contribution is 2.13. The molecule has 2 heterocycles. The van der Waals surface area contributed by atoms with Crippen molar-refractivity contribution in [3.8, 4) is 5.75 Å². The fourth-order valence-corrected chi connectivity index (χ4v) is 2.41. The monoisotopic (exact) mass is 316 g/mol. The molecule has 1 atom stereocenters. The van der Waals surface area contributed by atoms with E-state index in [1.807, 2.05) is 30.3 Å². The lowest BCUT2D eigenvalue weighted by atomic mass is 10.1. The van der Waals surface area contributed by atoms with Gasteiger partial charge in [-0.3, -0.25) is 4.79 Å². The van der Waals surface area contributed by atoms with Crippen molar-refractivity contribution in [2.45, 2.75) is 19.4 Å². The molecule has 6 nitrogen and oxygen atoms in total. The Labute approximate surface area is 134 Å². The third kappa shape index (κ3) is 4.82. The number of carbonyl (C=O) groups is 1. The van der Waals surface area contributed by atoms with Gasteiger partial charge in [0.15, 0.2) is 5.76 Å². The fraction of sp³-hybridized carbons (Fsp3) is 0.412. The first kappa shape index (κ1) is 15.6. The van der Waals surface area contributed by atoms with Crippen molar-refractivity contribution in [2.75, 3.05) is 19.8 Å². The molecule has 23 heavy (non-hydrogen) atoms. The number of hydrogen-bond acceptors (Lipinski definition) is 5. The van der Waals surface area contributed by atoms with Crippen LogP contribution in [0.3, 0.4) is 0 Å². The molecular weight excluding hydrogens is 296 g/mol. The van der Waals surface area contributed by atoms with E-state index in [0.29, 0.717) is 23.9 Å². The van der Waals surface area contributed by atoms with Crippen LogP contribution >= 0.6 is 0 Å². The zero-order valence-corrected chi connectivity index (χ0v) is 12.9. The summed E-state index contributed by atoms with van der Waals surface area (Å²) in [5, 5.41) is 6.82. The van der Waals surface area contributed by atoms with Gasteiger partial charge in [0.25, 0.3) is 0 Å². The van der Waals surface area contributed by atoms with Crippen LogP contribution in [0.5, 0.6) is 5.75 Å². The first-order chi connectivity index (χ1) is 11.3. The first-order valence-electron chi connectivity index (χ1n) is 7.76. The van der Waals surface area contributed by atoms with Gasteiger partial charge in [0.2, 0.25) is 5.91 Å². The van der Waals surface area contributed by atoms with Crippen LogP contribution in [-0.2, 0) is 22.6 Å². The standard InChI is InChI=1S/C17H20N2O4/c20-17(18-10-13-6-7-21-11-13)9-14-8-16(23-19-14)12-22-15-4-2-1-3-5-15/h1-5,8,13H,6-7,9-12H2,(H,18,20). The fourth-order valence-electron chi connectivity index (χ4n) is 2.41. The molecule has 1 aliphatic rings. The molecule has 1 unspecified atom stereocenters. The van der Waals surface area contributed by atoms with Gasteiger partial charge in [-0.25, -0.2) is 0 Å². The Bertz CT molecular complexity index is 621. The smallest absolute Gasteiger partial charge is 0.226 e. The summed E-state index contributed by atoms with van der Waals surface area (Å²) in [6.07, 6.45) is 1.22. The second kappa shape index (κ2) is 7.78. The number of aromatic nitrogens is 1. The SMILES string of the molecule is O=C(Cc1cc(COc2ccccc2)on1)NCC1CCOC1. The number of nitrogens with zero attached hydrogens (tertiary/aromatic N) is 1. The van der Waals surface area contributed by atoms with Gasteiger partial charge in [-0.05, 0) is 18.6 Å². The van der Waals surface area contributed by atoms with E-state index in [0.717, 1.165) is 25.4 Å². The number of para-hydroxylation sites is 1. The average molecular weight is 316 g/mol. The Balaban J connectivity index is 1.42. The van der Waals surface area contributed by atoms with E-state index in [1.165, 1.54) is 0 Å². The number of carbonyl (C=O) groups excluding carboxylic acids is 1. The summed E-state index contributed by atoms with van der Waals surface area (Å²) < 4.78 is 16.0. The van der Waals surface area contributed by atoms with Crippen molar-refractivity contribution in [1.29, 1.82) is 0 Å². The molecule has 3 rings (SSSR count). The lowest BCUT2D eigenvalue weighted by molar-refractivity contribution is -0.120. The Kier molecular flexibility index (Phi) is 5.26. The van der Waals surface area contributed by atoms with E-state index in [1.54, 1.807) is 6.07 Å². The van der Waals surface area contributed by atoms with Gasteiger partial charge in [-0.2, -0.15) is 0 Å². The van der Waals surface area contributed by atoms with E-state index in [2.05, 4.69) is 10.5 Å². The molecule has 1 N–H and O–H groups in total. The molecular formula is C17H20N2O4. The predicted octanol–water partition coefficient (Wildman–Crippen LogP) is 1.95. The Morgan fingerprint density at radius 3 is 3.00 bits per heavy atom. The van der Waals surface area contributed by atoms with Crippen molar-refractivity contribution >= 4 is 5.91 Å². The minimum atomic E-state index is -0.0549. The third-order valence-corrected chi connectivity index (χ3v) is 3.69. The van der Waals surface area contributed by atoms with Crippen molar-refractivity contribution < 1.29 is 18.8 Å². The maximum atomic E-state index is 11.9. The predicted molar refractivity (Wildman–Crippen MR) is 82.9 cm³/mol. The van der Waals surface area contributed by atoms with Crippen LogP contribution in [0, 0.1) is 5.92 Å². The summed E-state index contributed by atoms with van der Waals surface area (Å²) in [6, 6.07) is 11.2. The van der Waals surface area contributed by atoms with E-state index < -0.39 is 0 Å². The lowest BCUT2D eigenvalue weighted by Crippen LogP contribution is -2.30. The molecule has 0 bridgehead atoms. The number of rotatable bonds is 7. The van der Waals surface area contributed by atoms with Gasteiger partial charge in [0.1, 0.15) is 12.4 Å².